The van der Waals surface area contributed by atoms with Crippen LogP contribution in [0.2, 0.25) is 0 Å². The molecule has 21 heavy (non-hydrogen) atoms. The zero-order chi connectivity index (χ0) is 15.5. The molecule has 1 aliphatic rings. The number of alkyl halides is 1. The molecule has 0 unspecified atom stereocenters. The van der Waals surface area contributed by atoms with Gasteiger partial charge in [-0.15, -0.1) is 11.6 Å². The van der Waals surface area contributed by atoms with Crippen LogP contribution in [0.15, 0.2) is 17.2 Å². The molecule has 0 atom stereocenters. The Morgan fingerprint density at radius 1 is 1.33 bits per heavy atom. The van der Waals surface area contributed by atoms with Gasteiger partial charge in [0.25, 0.3) is 0 Å². The van der Waals surface area contributed by atoms with Crippen molar-refractivity contribution in [2.24, 2.45) is 0 Å². The summed E-state index contributed by atoms with van der Waals surface area (Å²) in [6.07, 6.45) is 6.59. The first-order valence-corrected chi connectivity index (χ1v) is 9.78. The van der Waals surface area contributed by atoms with E-state index in [1.807, 2.05) is 4.57 Å². The van der Waals surface area contributed by atoms with E-state index < -0.39 is 10.0 Å². The lowest BCUT2D eigenvalue weighted by Gasteiger charge is -2.20. The summed E-state index contributed by atoms with van der Waals surface area (Å²) in [5.74, 6) is 0.341. The third kappa shape index (κ3) is 3.82. The normalized spacial score (nSPS) is 15.8. The van der Waals surface area contributed by atoms with E-state index >= 15 is 0 Å². The Labute approximate surface area is 133 Å². The van der Waals surface area contributed by atoms with Crippen LogP contribution in [0.3, 0.4) is 0 Å². The summed E-state index contributed by atoms with van der Waals surface area (Å²) in [4.78, 5) is 0.398. The van der Waals surface area contributed by atoms with E-state index in [0.717, 1.165) is 44.3 Å². The highest BCUT2D eigenvalue weighted by Crippen LogP contribution is 2.33. The molecule has 6 heteroatoms. The fraction of sp³-hybridized carbons (Fsp3) is 0.733. The van der Waals surface area contributed by atoms with Gasteiger partial charge in [-0.3, -0.25) is 0 Å². The van der Waals surface area contributed by atoms with Crippen molar-refractivity contribution in [1.29, 1.82) is 0 Å². The molecular weight excluding hydrogens is 308 g/mol. The molecule has 0 radical (unpaired) electrons. The number of sulfonamides is 1. The molecule has 0 saturated heterocycles. The first-order chi connectivity index (χ1) is 10.0. The Kier molecular flexibility index (Phi) is 5.74. The molecular formula is C15H25ClN2O2S. The van der Waals surface area contributed by atoms with Crippen LogP contribution < -0.4 is 0 Å². The van der Waals surface area contributed by atoms with Crippen LogP contribution in [0.1, 0.15) is 51.6 Å². The highest BCUT2D eigenvalue weighted by Gasteiger charge is 2.38. The van der Waals surface area contributed by atoms with E-state index in [2.05, 4.69) is 13.8 Å². The second-order valence-electron chi connectivity index (χ2n) is 5.69. The highest BCUT2D eigenvalue weighted by atomic mass is 35.5. The van der Waals surface area contributed by atoms with Gasteiger partial charge in [-0.05, 0) is 31.7 Å². The highest BCUT2D eigenvalue weighted by molar-refractivity contribution is 7.89. The van der Waals surface area contributed by atoms with Gasteiger partial charge in [0, 0.05) is 31.0 Å². The van der Waals surface area contributed by atoms with Crippen molar-refractivity contribution in [3.8, 4) is 0 Å². The van der Waals surface area contributed by atoms with Gasteiger partial charge in [-0.25, -0.2) is 8.42 Å². The van der Waals surface area contributed by atoms with E-state index in [1.54, 1.807) is 16.6 Å². The summed E-state index contributed by atoms with van der Waals surface area (Å²) >= 11 is 5.94. The van der Waals surface area contributed by atoms with Gasteiger partial charge in [-0.1, -0.05) is 20.3 Å². The summed E-state index contributed by atoms with van der Waals surface area (Å²) in [7, 11) is -3.39. The molecule has 1 saturated carbocycles. The Bertz CT molecular complexity index is 564. The SMILES string of the molecule is CCCCN(C1CC1)S(=O)(=O)c1cc(CCl)n(CCC)c1. The van der Waals surface area contributed by atoms with Gasteiger partial charge < -0.3 is 4.57 Å². The van der Waals surface area contributed by atoms with Crippen molar-refractivity contribution in [3.63, 3.8) is 0 Å². The molecule has 1 aromatic rings. The second kappa shape index (κ2) is 7.16. The van der Waals surface area contributed by atoms with Gasteiger partial charge in [0.15, 0.2) is 0 Å². The summed E-state index contributed by atoms with van der Waals surface area (Å²) in [6, 6.07) is 1.94. The predicted molar refractivity (Wildman–Crippen MR) is 86.1 cm³/mol. The maximum absolute atomic E-state index is 12.9. The molecule has 0 aliphatic heterocycles. The standard InChI is InChI=1S/C15H25ClN2O2S/c1-3-5-9-18(13-6-7-13)21(19,20)15-10-14(11-16)17(12-15)8-4-2/h10,12-13H,3-9,11H2,1-2H3. The van der Waals surface area contributed by atoms with Crippen molar-refractivity contribution in [2.45, 2.75) is 69.3 Å². The summed E-state index contributed by atoms with van der Waals surface area (Å²) in [6.45, 7) is 5.58. The van der Waals surface area contributed by atoms with Crippen LogP contribution in [0.4, 0.5) is 0 Å². The third-order valence-corrected chi connectivity index (χ3v) is 6.05. The minimum atomic E-state index is -3.39. The van der Waals surface area contributed by atoms with Crippen molar-refractivity contribution < 1.29 is 8.42 Å². The topological polar surface area (TPSA) is 42.3 Å². The van der Waals surface area contributed by atoms with Crippen LogP contribution in [0.25, 0.3) is 0 Å². The molecule has 4 nitrogen and oxygen atoms in total. The zero-order valence-electron chi connectivity index (χ0n) is 12.9. The monoisotopic (exact) mass is 332 g/mol. The van der Waals surface area contributed by atoms with E-state index in [9.17, 15) is 8.42 Å². The van der Waals surface area contributed by atoms with Crippen molar-refractivity contribution in [2.75, 3.05) is 6.54 Å². The smallest absolute Gasteiger partial charge is 0.244 e. The average molecular weight is 333 g/mol. The number of nitrogens with zero attached hydrogens (tertiary/aromatic N) is 2. The van der Waals surface area contributed by atoms with Gasteiger partial charge in [0.05, 0.1) is 5.88 Å². The molecule has 0 bridgehead atoms. The Morgan fingerprint density at radius 2 is 2.05 bits per heavy atom. The van der Waals surface area contributed by atoms with Gasteiger partial charge >= 0.3 is 0 Å². The molecule has 0 spiro atoms. The average Bonchev–Trinajstić information content (AvgIpc) is 3.19. The van der Waals surface area contributed by atoms with Crippen molar-refractivity contribution in [1.82, 2.24) is 8.87 Å². The van der Waals surface area contributed by atoms with Gasteiger partial charge in [-0.2, -0.15) is 4.31 Å². The molecule has 0 N–H and O–H groups in total. The number of aromatic nitrogens is 1. The number of unbranched alkanes of at least 4 members (excludes halogenated alkanes) is 1. The summed E-state index contributed by atoms with van der Waals surface area (Å²) in [5.41, 5.74) is 0.878. The van der Waals surface area contributed by atoms with Gasteiger partial charge in [0.2, 0.25) is 10.0 Å². The number of aryl methyl sites for hydroxylation is 1. The van der Waals surface area contributed by atoms with Crippen LogP contribution in [-0.2, 0) is 22.4 Å². The lowest BCUT2D eigenvalue weighted by Crippen LogP contribution is -2.33. The summed E-state index contributed by atoms with van der Waals surface area (Å²) < 4.78 is 29.4. The van der Waals surface area contributed by atoms with Crippen LogP contribution >= 0.6 is 11.6 Å². The molecule has 0 amide bonds. The van der Waals surface area contributed by atoms with Crippen LogP contribution in [0, 0.1) is 0 Å². The molecule has 1 aliphatic carbocycles. The van der Waals surface area contributed by atoms with E-state index in [-0.39, 0.29) is 6.04 Å². The molecule has 1 aromatic heterocycles. The predicted octanol–water partition coefficient (Wildman–Crippen LogP) is 3.59. The lowest BCUT2D eigenvalue weighted by molar-refractivity contribution is 0.395. The van der Waals surface area contributed by atoms with E-state index in [0.29, 0.717) is 17.3 Å². The molecule has 2 rings (SSSR count). The van der Waals surface area contributed by atoms with E-state index in [4.69, 9.17) is 11.6 Å². The number of rotatable bonds is 9. The fourth-order valence-electron chi connectivity index (χ4n) is 2.54. The molecule has 120 valence electrons. The third-order valence-electron chi connectivity index (χ3n) is 3.86. The first kappa shape index (κ1) is 16.8. The van der Waals surface area contributed by atoms with Crippen molar-refractivity contribution >= 4 is 21.6 Å². The fourth-order valence-corrected chi connectivity index (χ4v) is 4.56. The van der Waals surface area contributed by atoms with E-state index in [1.165, 1.54) is 0 Å². The van der Waals surface area contributed by atoms with Crippen molar-refractivity contribution in [3.05, 3.63) is 18.0 Å². The Hall–Kier alpha value is -0.520. The molecule has 1 fully saturated rings. The number of halogens is 1. The minimum Gasteiger partial charge on any atom is -0.349 e. The molecule has 0 aromatic carbocycles. The van der Waals surface area contributed by atoms with Crippen LogP contribution in [0.5, 0.6) is 0 Å². The zero-order valence-corrected chi connectivity index (χ0v) is 14.5. The first-order valence-electron chi connectivity index (χ1n) is 7.81. The van der Waals surface area contributed by atoms with Crippen LogP contribution in [-0.4, -0.2) is 29.9 Å². The maximum atomic E-state index is 12.9. The Balaban J connectivity index is 2.28. The molecule has 1 heterocycles. The summed E-state index contributed by atoms with van der Waals surface area (Å²) in [5, 5.41) is 0. The second-order valence-corrected chi connectivity index (χ2v) is 7.85. The maximum Gasteiger partial charge on any atom is 0.244 e. The quantitative estimate of drug-likeness (QED) is 0.648. The number of hydrogen-bond donors (Lipinski definition) is 0. The number of hydrogen-bond acceptors (Lipinski definition) is 2. The Morgan fingerprint density at radius 3 is 2.57 bits per heavy atom. The minimum absolute atomic E-state index is 0.204. The largest absolute Gasteiger partial charge is 0.349 e. The van der Waals surface area contributed by atoms with Gasteiger partial charge in [0.1, 0.15) is 4.90 Å². The lowest BCUT2D eigenvalue weighted by atomic mass is 10.3.